The van der Waals surface area contributed by atoms with E-state index in [9.17, 15) is 29.1 Å². The smallest absolute Gasteiger partial charge is 0.326 e. The van der Waals surface area contributed by atoms with Crippen LogP contribution in [-0.2, 0) is 24.0 Å². The Morgan fingerprint density at radius 2 is 1.42 bits per heavy atom. The summed E-state index contributed by atoms with van der Waals surface area (Å²) in [6.07, 6.45) is 0.836. The predicted octanol–water partition coefficient (Wildman–Crippen LogP) is -2.13. The number of carboxylic acids is 1. The fourth-order valence-corrected chi connectivity index (χ4v) is 3.19. The van der Waals surface area contributed by atoms with Gasteiger partial charge in [0.1, 0.15) is 18.1 Å². The Bertz CT molecular complexity index is 799. The molecule has 206 valence electrons. The van der Waals surface area contributed by atoms with Gasteiger partial charge in [-0.05, 0) is 31.1 Å². The average molecular weight is 515 g/mol. The number of carbonyl (C=O) groups is 5. The zero-order valence-electron chi connectivity index (χ0n) is 21.5. The van der Waals surface area contributed by atoms with E-state index in [0.29, 0.717) is 12.8 Å². The van der Waals surface area contributed by atoms with Gasteiger partial charge in [0.15, 0.2) is 5.96 Å². The molecule has 0 aliphatic carbocycles. The Labute approximate surface area is 211 Å². The van der Waals surface area contributed by atoms with Crippen molar-refractivity contribution >= 4 is 35.6 Å². The van der Waals surface area contributed by atoms with Crippen molar-refractivity contribution in [3.05, 3.63) is 0 Å². The minimum absolute atomic E-state index is 0.0191. The van der Waals surface area contributed by atoms with E-state index < -0.39 is 53.8 Å². The minimum Gasteiger partial charge on any atom is -0.480 e. The molecular weight excluding hydrogens is 472 g/mol. The van der Waals surface area contributed by atoms with Gasteiger partial charge in [-0.15, -0.1) is 0 Å². The van der Waals surface area contributed by atoms with Crippen LogP contribution in [0.5, 0.6) is 0 Å². The summed E-state index contributed by atoms with van der Waals surface area (Å²) in [5, 5.41) is 17.2. The Kier molecular flexibility index (Phi) is 14.7. The number of guanidine groups is 1. The van der Waals surface area contributed by atoms with Crippen LogP contribution in [0.25, 0.3) is 0 Å². The number of carbonyl (C=O) groups excluding carboxylic acids is 4. The molecular formula is C22H42N8O6. The highest BCUT2D eigenvalue weighted by atomic mass is 16.4. The van der Waals surface area contributed by atoms with Crippen molar-refractivity contribution in [2.45, 2.75) is 84.0 Å². The molecule has 0 rings (SSSR count). The van der Waals surface area contributed by atoms with Gasteiger partial charge in [-0.2, -0.15) is 0 Å². The van der Waals surface area contributed by atoms with Crippen LogP contribution < -0.4 is 38.9 Å². The fourth-order valence-electron chi connectivity index (χ4n) is 3.19. The molecule has 14 nitrogen and oxygen atoms in total. The molecule has 5 unspecified atom stereocenters. The van der Waals surface area contributed by atoms with Gasteiger partial charge in [0.05, 0.1) is 6.04 Å². The predicted molar refractivity (Wildman–Crippen MR) is 134 cm³/mol. The van der Waals surface area contributed by atoms with E-state index in [4.69, 9.17) is 22.9 Å². The molecule has 0 aromatic carbocycles. The van der Waals surface area contributed by atoms with E-state index in [0.717, 1.165) is 0 Å². The Morgan fingerprint density at radius 1 is 0.861 bits per heavy atom. The molecule has 14 heteroatoms. The third-order valence-electron chi connectivity index (χ3n) is 5.64. The van der Waals surface area contributed by atoms with Crippen molar-refractivity contribution in [3.8, 4) is 0 Å². The Balaban J connectivity index is 5.42. The van der Waals surface area contributed by atoms with Crippen LogP contribution in [0, 0.1) is 11.8 Å². The summed E-state index contributed by atoms with van der Waals surface area (Å²) in [7, 11) is 0. The summed E-state index contributed by atoms with van der Waals surface area (Å²) in [6.45, 7) is 7.16. The first-order valence-electron chi connectivity index (χ1n) is 11.9. The number of amides is 4. The highest BCUT2D eigenvalue weighted by Gasteiger charge is 2.33. The number of hydrogen-bond donors (Lipinski definition) is 8. The van der Waals surface area contributed by atoms with E-state index in [1.165, 1.54) is 0 Å². The van der Waals surface area contributed by atoms with Gasteiger partial charge in [0.2, 0.25) is 23.6 Å². The lowest BCUT2D eigenvalue weighted by Crippen LogP contribution is -2.59. The van der Waals surface area contributed by atoms with E-state index >= 15 is 0 Å². The third-order valence-corrected chi connectivity index (χ3v) is 5.64. The van der Waals surface area contributed by atoms with Crippen molar-refractivity contribution in [1.82, 2.24) is 16.0 Å². The summed E-state index contributed by atoms with van der Waals surface area (Å²) in [4.78, 5) is 64.9. The molecule has 0 saturated carbocycles. The molecule has 0 bridgehead atoms. The van der Waals surface area contributed by atoms with Crippen LogP contribution in [0.15, 0.2) is 4.99 Å². The number of nitrogens with two attached hydrogens (primary N) is 4. The zero-order chi connectivity index (χ0) is 28.0. The maximum absolute atomic E-state index is 13.1. The first kappa shape index (κ1) is 32.6. The van der Waals surface area contributed by atoms with Gasteiger partial charge < -0.3 is 44.0 Å². The number of aliphatic imine (C=N–C) groups is 1. The van der Waals surface area contributed by atoms with Crippen LogP contribution in [0.3, 0.4) is 0 Å². The number of nitrogens with one attached hydrogen (secondary N) is 3. The third kappa shape index (κ3) is 12.3. The van der Waals surface area contributed by atoms with E-state index in [-0.39, 0.29) is 43.6 Å². The molecule has 0 aromatic heterocycles. The number of nitrogens with zero attached hydrogens (tertiary/aromatic N) is 1. The summed E-state index contributed by atoms with van der Waals surface area (Å²) < 4.78 is 0. The van der Waals surface area contributed by atoms with Gasteiger partial charge in [-0.25, -0.2) is 4.79 Å². The lowest BCUT2D eigenvalue weighted by Gasteiger charge is -2.29. The standard InChI is InChI=1S/C22H42N8O6/c1-5-12(4)17(20(34)28-14(21(35)36)7-6-10-27-22(25)26)30-19(33)16(11(2)3)29-18(32)13(23)8-9-15(24)31/h11-14,16-17H,5-10,23H2,1-4H3,(H2,24,31)(H,28,34)(H,29,32)(H,30,33)(H,35,36)(H4,25,26,27). The second-order valence-electron chi connectivity index (χ2n) is 9.06. The molecule has 12 N–H and O–H groups in total. The number of hydrogen-bond acceptors (Lipinski definition) is 7. The average Bonchev–Trinajstić information content (AvgIpc) is 2.79. The molecule has 0 aliphatic rings. The molecule has 5 atom stereocenters. The largest absolute Gasteiger partial charge is 0.480 e. The van der Waals surface area contributed by atoms with Crippen molar-refractivity contribution < 1.29 is 29.1 Å². The highest BCUT2D eigenvalue weighted by Crippen LogP contribution is 2.12. The monoisotopic (exact) mass is 514 g/mol. The van der Waals surface area contributed by atoms with Gasteiger partial charge in [-0.1, -0.05) is 34.1 Å². The summed E-state index contributed by atoms with van der Waals surface area (Å²) >= 11 is 0. The van der Waals surface area contributed by atoms with Gasteiger partial charge in [0, 0.05) is 13.0 Å². The molecule has 0 aromatic rings. The number of carboxylic acid groups (broad SMARTS) is 1. The van der Waals surface area contributed by atoms with Crippen molar-refractivity contribution in [2.75, 3.05) is 6.54 Å². The maximum atomic E-state index is 13.1. The van der Waals surface area contributed by atoms with Gasteiger partial charge in [0.25, 0.3) is 0 Å². The normalized spacial score (nSPS) is 15.1. The molecule has 0 aliphatic heterocycles. The fraction of sp³-hybridized carbons (Fsp3) is 0.727. The van der Waals surface area contributed by atoms with Crippen molar-refractivity contribution in [2.24, 2.45) is 39.8 Å². The zero-order valence-corrected chi connectivity index (χ0v) is 21.5. The summed E-state index contributed by atoms with van der Waals surface area (Å²) in [5.74, 6) is -4.59. The number of primary amides is 1. The second-order valence-corrected chi connectivity index (χ2v) is 9.06. The molecule has 36 heavy (non-hydrogen) atoms. The second kappa shape index (κ2) is 16.3. The molecule has 0 saturated heterocycles. The van der Waals surface area contributed by atoms with Gasteiger partial charge in [-0.3, -0.25) is 24.2 Å². The molecule has 0 fully saturated rings. The van der Waals surface area contributed by atoms with Crippen LogP contribution in [0.2, 0.25) is 0 Å². The van der Waals surface area contributed by atoms with Crippen LogP contribution >= 0.6 is 0 Å². The number of rotatable bonds is 17. The first-order chi connectivity index (χ1) is 16.7. The highest BCUT2D eigenvalue weighted by molar-refractivity contribution is 5.94. The number of aliphatic carboxylic acids is 1. The van der Waals surface area contributed by atoms with E-state index in [1.807, 2.05) is 6.92 Å². The van der Waals surface area contributed by atoms with E-state index in [1.54, 1.807) is 20.8 Å². The van der Waals surface area contributed by atoms with Crippen molar-refractivity contribution in [3.63, 3.8) is 0 Å². The quantitative estimate of drug-likeness (QED) is 0.0598. The lowest BCUT2D eigenvalue weighted by molar-refractivity contribution is -0.143. The first-order valence-corrected chi connectivity index (χ1v) is 11.9. The molecule has 0 heterocycles. The molecule has 0 radical (unpaired) electrons. The molecule has 4 amide bonds. The van der Waals surface area contributed by atoms with Crippen molar-refractivity contribution in [1.29, 1.82) is 0 Å². The topological polar surface area (TPSA) is 258 Å². The Morgan fingerprint density at radius 3 is 1.89 bits per heavy atom. The maximum Gasteiger partial charge on any atom is 0.326 e. The van der Waals surface area contributed by atoms with Crippen LogP contribution in [0.4, 0.5) is 0 Å². The summed E-state index contributed by atoms with van der Waals surface area (Å²) in [6, 6.07) is -4.33. The summed E-state index contributed by atoms with van der Waals surface area (Å²) in [5.41, 5.74) is 21.4. The Hall–Kier alpha value is -3.42. The van der Waals surface area contributed by atoms with Crippen LogP contribution in [-0.4, -0.2) is 71.4 Å². The molecule has 0 spiro atoms. The minimum atomic E-state index is -1.24. The SMILES string of the molecule is CCC(C)C(NC(=O)C(NC(=O)C(N)CCC(N)=O)C(C)C)C(=O)NC(CCCN=C(N)N)C(=O)O. The van der Waals surface area contributed by atoms with Crippen LogP contribution in [0.1, 0.15) is 59.8 Å². The van der Waals surface area contributed by atoms with E-state index in [2.05, 4.69) is 20.9 Å². The lowest BCUT2D eigenvalue weighted by atomic mass is 9.95. The van der Waals surface area contributed by atoms with Gasteiger partial charge >= 0.3 is 5.97 Å².